The number of aromatic nitrogens is 2. The van der Waals surface area contributed by atoms with Gasteiger partial charge in [0.2, 0.25) is 0 Å². The minimum Gasteiger partial charge on any atom is -0.456 e. The summed E-state index contributed by atoms with van der Waals surface area (Å²) in [6, 6.07) is 79.8. The van der Waals surface area contributed by atoms with E-state index < -0.39 is 6.17 Å². The minimum atomic E-state index is -0.430. The average molecular weight is 874 g/mol. The van der Waals surface area contributed by atoms with Crippen molar-refractivity contribution >= 4 is 49.6 Å². The van der Waals surface area contributed by atoms with Gasteiger partial charge in [0.05, 0.1) is 28.3 Å². The zero-order chi connectivity index (χ0) is 45.0. The Hall–Kier alpha value is -8.84. The van der Waals surface area contributed by atoms with Gasteiger partial charge in [-0.05, 0) is 110 Å². The molecule has 12 aromatic rings. The number of para-hydroxylation sites is 1. The predicted molar refractivity (Wildman–Crippen MR) is 279 cm³/mol. The Morgan fingerprint density at radius 2 is 1.12 bits per heavy atom. The molecule has 6 nitrogen and oxygen atoms in total. The van der Waals surface area contributed by atoms with Crippen molar-refractivity contribution in [3.63, 3.8) is 0 Å². The maximum Gasteiger partial charge on any atom is 0.137 e. The summed E-state index contributed by atoms with van der Waals surface area (Å²) in [7, 11) is 0. The first kappa shape index (κ1) is 39.5. The van der Waals surface area contributed by atoms with Gasteiger partial charge in [0.15, 0.2) is 0 Å². The summed E-state index contributed by atoms with van der Waals surface area (Å²) in [4.78, 5) is 10.1. The molecular formula is C62H43N5O. The molecule has 9 aromatic carbocycles. The van der Waals surface area contributed by atoms with E-state index in [9.17, 15) is 0 Å². The fourth-order valence-corrected chi connectivity index (χ4v) is 10.2. The summed E-state index contributed by atoms with van der Waals surface area (Å²) in [6.45, 7) is 0. The minimum absolute atomic E-state index is 0.213. The van der Waals surface area contributed by atoms with Crippen LogP contribution in [0.4, 0.5) is 0 Å². The molecule has 0 bridgehead atoms. The summed E-state index contributed by atoms with van der Waals surface area (Å²) in [5.74, 6) is 0.831. The highest BCUT2D eigenvalue weighted by molar-refractivity contribution is 6.24. The predicted octanol–water partition coefficient (Wildman–Crippen LogP) is 15.1. The number of hydrogen-bond acceptors (Lipinski definition) is 5. The van der Waals surface area contributed by atoms with Crippen LogP contribution < -0.4 is 10.6 Å². The van der Waals surface area contributed by atoms with Gasteiger partial charge in [-0.1, -0.05) is 170 Å². The van der Waals surface area contributed by atoms with Crippen LogP contribution in [0.1, 0.15) is 29.0 Å². The second-order valence-electron chi connectivity index (χ2n) is 17.4. The average Bonchev–Trinajstić information content (AvgIpc) is 3.97. The van der Waals surface area contributed by atoms with Crippen LogP contribution in [0.2, 0.25) is 0 Å². The van der Waals surface area contributed by atoms with Crippen molar-refractivity contribution in [2.24, 2.45) is 4.99 Å². The standard InChI is InChI=1S/C62H43N5O/c1-5-16-40(17-6-1)44-27-30-48(41-18-7-2-8-19-41)52(36-44)46-28-31-49(53(37-46)62-65-60(42-20-9-3-10-21-42)64-61(66-62)43-22-11-4-12-23-43)45-29-33-56-54(38-45)58-57(68-56)34-32-51-50-25-13-14-26-55(50)67(59(51)58)47-24-15-35-63-39-47/h1-39,60,62,65H,(H,64,66). The lowest BCUT2D eigenvalue weighted by Gasteiger charge is -2.33. The zero-order valence-electron chi connectivity index (χ0n) is 36.9. The van der Waals surface area contributed by atoms with E-state index in [1.165, 1.54) is 10.9 Å². The Morgan fingerprint density at radius 1 is 0.456 bits per heavy atom. The molecule has 0 radical (unpaired) electrons. The summed E-state index contributed by atoms with van der Waals surface area (Å²) < 4.78 is 9.05. The van der Waals surface area contributed by atoms with E-state index in [4.69, 9.17) is 9.41 Å². The van der Waals surface area contributed by atoms with Crippen molar-refractivity contribution in [3.8, 4) is 50.2 Å². The molecule has 2 N–H and O–H groups in total. The second kappa shape index (κ2) is 16.5. The Balaban J connectivity index is 1.06. The van der Waals surface area contributed by atoms with Crippen LogP contribution in [0.15, 0.2) is 246 Å². The van der Waals surface area contributed by atoms with Gasteiger partial charge < -0.3 is 14.3 Å². The lowest BCUT2D eigenvalue weighted by molar-refractivity contribution is 0.409. The lowest BCUT2D eigenvalue weighted by Crippen LogP contribution is -2.45. The zero-order valence-corrected chi connectivity index (χ0v) is 36.9. The van der Waals surface area contributed by atoms with E-state index in [1.807, 2.05) is 24.5 Å². The number of benzene rings is 9. The van der Waals surface area contributed by atoms with Gasteiger partial charge >= 0.3 is 0 Å². The Morgan fingerprint density at radius 3 is 1.90 bits per heavy atom. The number of fused-ring (bicyclic) bond motifs is 7. The molecule has 322 valence electrons. The van der Waals surface area contributed by atoms with Crippen molar-refractivity contribution in [3.05, 3.63) is 254 Å². The largest absolute Gasteiger partial charge is 0.456 e. The lowest BCUT2D eigenvalue weighted by atomic mass is 9.88. The van der Waals surface area contributed by atoms with E-state index in [0.717, 1.165) is 106 Å². The Bertz CT molecular complexity index is 3840. The number of nitrogens with one attached hydrogen (secondary N) is 2. The molecule has 0 spiro atoms. The molecule has 3 aromatic heterocycles. The third-order valence-electron chi connectivity index (χ3n) is 13.4. The normalized spacial score (nSPS) is 14.9. The van der Waals surface area contributed by atoms with Crippen molar-refractivity contribution in [2.45, 2.75) is 12.3 Å². The van der Waals surface area contributed by atoms with Crippen molar-refractivity contribution in [1.29, 1.82) is 0 Å². The first-order valence-corrected chi connectivity index (χ1v) is 23.1. The molecule has 2 atom stereocenters. The molecule has 1 aliphatic heterocycles. The SMILES string of the molecule is c1ccc(C2=NC(c3cc(-c4cc(-c5ccccc5)ccc4-c4ccccc4)ccc3-c3ccc4oc5ccc6c7ccccc7n(-c7cccnc7)c6c5c4c3)NC(c3ccccc3)N2)cc1. The van der Waals surface area contributed by atoms with E-state index in [0.29, 0.717) is 0 Å². The van der Waals surface area contributed by atoms with Gasteiger partial charge in [0, 0.05) is 27.9 Å². The highest BCUT2D eigenvalue weighted by Crippen LogP contribution is 2.44. The number of pyridine rings is 1. The molecule has 0 aliphatic carbocycles. The van der Waals surface area contributed by atoms with Crippen molar-refractivity contribution < 1.29 is 4.42 Å². The number of amidine groups is 1. The third kappa shape index (κ3) is 6.86. The first-order chi connectivity index (χ1) is 33.7. The van der Waals surface area contributed by atoms with Gasteiger partial charge in [-0.15, -0.1) is 0 Å². The van der Waals surface area contributed by atoms with Crippen LogP contribution >= 0.6 is 0 Å². The fraction of sp³-hybridized carbons (Fsp3) is 0.0323. The van der Waals surface area contributed by atoms with E-state index in [2.05, 4.69) is 233 Å². The topological polar surface area (TPSA) is 67.4 Å². The molecule has 13 rings (SSSR count). The third-order valence-corrected chi connectivity index (χ3v) is 13.4. The molecular weight excluding hydrogens is 831 g/mol. The molecule has 0 saturated heterocycles. The molecule has 0 amide bonds. The second-order valence-corrected chi connectivity index (χ2v) is 17.4. The molecule has 4 heterocycles. The molecule has 6 heteroatoms. The quantitative estimate of drug-likeness (QED) is 0.160. The highest BCUT2D eigenvalue weighted by atomic mass is 16.3. The fourth-order valence-electron chi connectivity index (χ4n) is 10.2. The molecule has 68 heavy (non-hydrogen) atoms. The van der Waals surface area contributed by atoms with E-state index in [-0.39, 0.29) is 6.17 Å². The van der Waals surface area contributed by atoms with Crippen molar-refractivity contribution in [1.82, 2.24) is 20.2 Å². The van der Waals surface area contributed by atoms with Crippen LogP contribution in [0.3, 0.4) is 0 Å². The summed E-state index contributed by atoms with van der Waals surface area (Å²) in [5, 5.41) is 12.2. The smallest absolute Gasteiger partial charge is 0.137 e. The Labute approximate surface area is 393 Å². The number of aliphatic imine (C=N–C) groups is 1. The van der Waals surface area contributed by atoms with Gasteiger partial charge in [0.1, 0.15) is 29.3 Å². The highest BCUT2D eigenvalue weighted by Gasteiger charge is 2.29. The van der Waals surface area contributed by atoms with Gasteiger partial charge in [-0.25, -0.2) is 4.99 Å². The summed E-state index contributed by atoms with van der Waals surface area (Å²) in [5.41, 5.74) is 17.1. The number of nitrogens with zero attached hydrogens (tertiary/aromatic N) is 3. The van der Waals surface area contributed by atoms with E-state index >= 15 is 0 Å². The number of hydrogen-bond donors (Lipinski definition) is 2. The van der Waals surface area contributed by atoms with E-state index in [1.54, 1.807) is 0 Å². The summed E-state index contributed by atoms with van der Waals surface area (Å²) >= 11 is 0. The molecule has 1 aliphatic rings. The maximum absolute atomic E-state index is 6.72. The number of furan rings is 1. The van der Waals surface area contributed by atoms with Gasteiger partial charge in [0.25, 0.3) is 0 Å². The maximum atomic E-state index is 6.72. The molecule has 0 fully saturated rings. The molecule has 0 saturated carbocycles. The van der Waals surface area contributed by atoms with Crippen LogP contribution in [0, 0.1) is 0 Å². The van der Waals surface area contributed by atoms with Crippen molar-refractivity contribution in [2.75, 3.05) is 0 Å². The van der Waals surface area contributed by atoms with Gasteiger partial charge in [-0.3, -0.25) is 10.3 Å². The van der Waals surface area contributed by atoms with Crippen LogP contribution in [-0.4, -0.2) is 15.4 Å². The number of rotatable bonds is 8. The van der Waals surface area contributed by atoms with Gasteiger partial charge in [-0.2, -0.15) is 0 Å². The Kier molecular flexibility index (Phi) is 9.62. The van der Waals surface area contributed by atoms with Crippen LogP contribution in [0.5, 0.6) is 0 Å². The van der Waals surface area contributed by atoms with Crippen LogP contribution in [-0.2, 0) is 0 Å². The monoisotopic (exact) mass is 873 g/mol. The summed E-state index contributed by atoms with van der Waals surface area (Å²) in [6.07, 6.45) is 3.11. The molecule has 2 unspecified atom stereocenters. The first-order valence-electron chi connectivity index (χ1n) is 23.1. The van der Waals surface area contributed by atoms with Crippen LogP contribution in [0.25, 0.3) is 93.9 Å².